The van der Waals surface area contributed by atoms with Crippen LogP contribution >= 0.6 is 0 Å². The number of sulfone groups is 1. The largest absolute Gasteiger partial charge is 0.397 e. The topological polar surface area (TPSA) is 72.2 Å². The third-order valence-corrected chi connectivity index (χ3v) is 3.42. The first kappa shape index (κ1) is 13.6. The minimum atomic E-state index is -3.19. The SMILES string of the molecule is C/C=C/CCNc1ccc(S(C)(=O)=O)cc1N. The second kappa shape index (κ2) is 5.72. The molecule has 0 bridgehead atoms. The predicted molar refractivity (Wildman–Crippen MR) is 71.9 cm³/mol. The van der Waals surface area contributed by atoms with Gasteiger partial charge in [0.25, 0.3) is 0 Å². The third kappa shape index (κ3) is 4.11. The Morgan fingerprint density at radius 2 is 2.12 bits per heavy atom. The molecule has 0 radical (unpaired) electrons. The van der Waals surface area contributed by atoms with Crippen molar-refractivity contribution >= 4 is 21.2 Å². The van der Waals surface area contributed by atoms with Crippen molar-refractivity contribution in [3.63, 3.8) is 0 Å². The Balaban J connectivity index is 2.77. The summed E-state index contributed by atoms with van der Waals surface area (Å²) in [6.45, 7) is 2.74. The van der Waals surface area contributed by atoms with Gasteiger partial charge in [-0.1, -0.05) is 12.2 Å². The van der Waals surface area contributed by atoms with Gasteiger partial charge in [-0.25, -0.2) is 8.42 Å². The first-order chi connectivity index (χ1) is 7.95. The zero-order valence-electron chi connectivity index (χ0n) is 10.1. The molecular weight excluding hydrogens is 236 g/mol. The van der Waals surface area contributed by atoms with Crippen molar-refractivity contribution in [3.05, 3.63) is 30.4 Å². The van der Waals surface area contributed by atoms with Crippen LogP contribution in [0.15, 0.2) is 35.2 Å². The lowest BCUT2D eigenvalue weighted by Gasteiger charge is -2.09. The summed E-state index contributed by atoms with van der Waals surface area (Å²) in [5.74, 6) is 0. The Morgan fingerprint density at radius 1 is 1.41 bits per heavy atom. The molecule has 0 saturated carbocycles. The molecule has 3 N–H and O–H groups in total. The van der Waals surface area contributed by atoms with Gasteiger partial charge in [-0.2, -0.15) is 0 Å². The second-order valence-electron chi connectivity index (χ2n) is 3.81. The second-order valence-corrected chi connectivity index (χ2v) is 5.82. The molecule has 1 rings (SSSR count). The molecule has 0 atom stereocenters. The Kier molecular flexibility index (Phi) is 4.57. The molecule has 0 aliphatic rings. The monoisotopic (exact) mass is 254 g/mol. The summed E-state index contributed by atoms with van der Waals surface area (Å²) < 4.78 is 22.6. The Hall–Kier alpha value is -1.49. The van der Waals surface area contributed by atoms with Gasteiger partial charge in [-0.15, -0.1) is 0 Å². The quantitative estimate of drug-likeness (QED) is 0.479. The molecule has 0 heterocycles. The van der Waals surface area contributed by atoms with E-state index in [9.17, 15) is 8.42 Å². The van der Waals surface area contributed by atoms with Crippen molar-refractivity contribution in [3.8, 4) is 0 Å². The molecule has 0 aromatic heterocycles. The van der Waals surface area contributed by atoms with Crippen LogP contribution in [0.4, 0.5) is 11.4 Å². The van der Waals surface area contributed by atoms with E-state index in [1.165, 1.54) is 12.3 Å². The molecule has 0 spiro atoms. The van der Waals surface area contributed by atoms with Gasteiger partial charge >= 0.3 is 0 Å². The Bertz CT molecular complexity index is 507. The summed E-state index contributed by atoms with van der Waals surface area (Å²) in [6.07, 6.45) is 6.11. The minimum absolute atomic E-state index is 0.244. The molecule has 17 heavy (non-hydrogen) atoms. The van der Waals surface area contributed by atoms with E-state index >= 15 is 0 Å². The highest BCUT2D eigenvalue weighted by Gasteiger charge is 2.08. The zero-order valence-corrected chi connectivity index (χ0v) is 10.9. The Morgan fingerprint density at radius 3 is 2.65 bits per heavy atom. The number of allylic oxidation sites excluding steroid dienone is 1. The van der Waals surface area contributed by atoms with Crippen molar-refractivity contribution in [2.75, 3.05) is 23.9 Å². The lowest BCUT2D eigenvalue weighted by atomic mass is 10.2. The number of hydrogen-bond acceptors (Lipinski definition) is 4. The number of rotatable bonds is 5. The summed E-state index contributed by atoms with van der Waals surface area (Å²) in [5.41, 5.74) is 7.01. The van der Waals surface area contributed by atoms with Gasteiger partial charge < -0.3 is 11.1 Å². The molecule has 1 aromatic carbocycles. The average Bonchev–Trinajstić information content (AvgIpc) is 2.24. The summed E-state index contributed by atoms with van der Waals surface area (Å²) in [4.78, 5) is 0.244. The fourth-order valence-corrected chi connectivity index (χ4v) is 2.05. The molecule has 1 aromatic rings. The highest BCUT2D eigenvalue weighted by Crippen LogP contribution is 2.22. The van der Waals surface area contributed by atoms with Crippen LogP contribution < -0.4 is 11.1 Å². The fourth-order valence-electron chi connectivity index (χ4n) is 1.39. The number of nitrogens with two attached hydrogens (primary N) is 1. The van der Waals surface area contributed by atoms with Crippen LogP contribution in [0.2, 0.25) is 0 Å². The maximum Gasteiger partial charge on any atom is 0.175 e. The van der Waals surface area contributed by atoms with E-state index in [-0.39, 0.29) is 4.90 Å². The number of hydrogen-bond donors (Lipinski definition) is 2. The van der Waals surface area contributed by atoms with E-state index in [2.05, 4.69) is 5.32 Å². The van der Waals surface area contributed by atoms with Crippen molar-refractivity contribution < 1.29 is 8.42 Å². The summed E-state index contributed by atoms with van der Waals surface area (Å²) in [7, 11) is -3.19. The Labute approximate surface area is 102 Å². The molecular formula is C12H18N2O2S. The van der Waals surface area contributed by atoms with Crippen LogP contribution in [0.5, 0.6) is 0 Å². The maximum atomic E-state index is 11.3. The summed E-state index contributed by atoms with van der Waals surface area (Å²) in [6, 6.07) is 4.73. The summed E-state index contributed by atoms with van der Waals surface area (Å²) in [5, 5.41) is 3.16. The van der Waals surface area contributed by atoms with Gasteiger partial charge in [0, 0.05) is 12.8 Å². The van der Waals surface area contributed by atoms with E-state index in [1.54, 1.807) is 12.1 Å². The van der Waals surface area contributed by atoms with Gasteiger partial charge in [-0.05, 0) is 31.5 Å². The van der Waals surface area contributed by atoms with Gasteiger partial charge in [0.15, 0.2) is 9.84 Å². The van der Waals surface area contributed by atoms with Gasteiger partial charge in [0.1, 0.15) is 0 Å². The molecule has 0 aliphatic carbocycles. The molecule has 0 fully saturated rings. The average molecular weight is 254 g/mol. The highest BCUT2D eigenvalue weighted by molar-refractivity contribution is 7.90. The van der Waals surface area contributed by atoms with E-state index < -0.39 is 9.84 Å². The number of anilines is 2. The molecule has 94 valence electrons. The molecule has 0 aliphatic heterocycles. The van der Waals surface area contributed by atoms with Crippen molar-refractivity contribution in [1.29, 1.82) is 0 Å². The van der Waals surface area contributed by atoms with Crippen molar-refractivity contribution in [2.24, 2.45) is 0 Å². The zero-order chi connectivity index (χ0) is 12.9. The first-order valence-corrected chi connectivity index (χ1v) is 7.29. The van der Waals surface area contributed by atoms with E-state index in [1.807, 2.05) is 19.1 Å². The third-order valence-electron chi connectivity index (χ3n) is 2.31. The van der Waals surface area contributed by atoms with Crippen LogP contribution in [0.1, 0.15) is 13.3 Å². The highest BCUT2D eigenvalue weighted by atomic mass is 32.2. The fraction of sp³-hybridized carbons (Fsp3) is 0.333. The van der Waals surface area contributed by atoms with E-state index in [4.69, 9.17) is 5.73 Å². The smallest absolute Gasteiger partial charge is 0.175 e. The van der Waals surface area contributed by atoms with Gasteiger partial charge in [-0.3, -0.25) is 0 Å². The molecule has 0 unspecified atom stereocenters. The minimum Gasteiger partial charge on any atom is -0.397 e. The normalized spacial score (nSPS) is 11.9. The van der Waals surface area contributed by atoms with Crippen molar-refractivity contribution in [1.82, 2.24) is 0 Å². The lowest BCUT2D eigenvalue weighted by molar-refractivity contribution is 0.602. The van der Waals surface area contributed by atoms with E-state index in [0.717, 1.165) is 18.7 Å². The van der Waals surface area contributed by atoms with Gasteiger partial charge in [0.05, 0.1) is 16.3 Å². The first-order valence-electron chi connectivity index (χ1n) is 5.39. The number of benzene rings is 1. The van der Waals surface area contributed by atoms with Crippen LogP contribution in [0.25, 0.3) is 0 Å². The molecule has 4 nitrogen and oxygen atoms in total. The maximum absolute atomic E-state index is 11.3. The van der Waals surface area contributed by atoms with E-state index in [0.29, 0.717) is 5.69 Å². The summed E-state index contributed by atoms with van der Waals surface area (Å²) >= 11 is 0. The van der Waals surface area contributed by atoms with Crippen LogP contribution in [0, 0.1) is 0 Å². The number of nitrogen functional groups attached to an aromatic ring is 1. The van der Waals surface area contributed by atoms with Gasteiger partial charge in [0.2, 0.25) is 0 Å². The predicted octanol–water partition coefficient (Wildman–Crippen LogP) is 2.05. The van der Waals surface area contributed by atoms with Crippen LogP contribution in [0.3, 0.4) is 0 Å². The van der Waals surface area contributed by atoms with Crippen molar-refractivity contribution in [2.45, 2.75) is 18.2 Å². The van der Waals surface area contributed by atoms with Crippen LogP contribution in [-0.2, 0) is 9.84 Å². The molecule has 0 saturated heterocycles. The van der Waals surface area contributed by atoms with Crippen LogP contribution in [-0.4, -0.2) is 21.2 Å². The lowest BCUT2D eigenvalue weighted by Crippen LogP contribution is -2.05. The molecule has 5 heteroatoms. The number of nitrogens with one attached hydrogen (secondary N) is 1. The molecule has 0 amide bonds. The standard InChI is InChI=1S/C12H18N2O2S/c1-3-4-5-8-14-12-7-6-10(9-11(12)13)17(2,15)16/h3-4,6-7,9,14H,5,8,13H2,1-2H3/b4-3+.